The molecule has 0 radical (unpaired) electrons. The van der Waals surface area contributed by atoms with Gasteiger partial charge in [-0.15, -0.1) is 0 Å². The number of ether oxygens (including phenoxy) is 4. The summed E-state index contributed by atoms with van der Waals surface area (Å²) in [4.78, 5) is 0. The molecule has 8 heteroatoms. The summed E-state index contributed by atoms with van der Waals surface area (Å²) in [6.45, 7) is 3.33. The lowest BCUT2D eigenvalue weighted by atomic mass is 10.0. The minimum Gasteiger partial charge on any atom is -0.459 e. The molecule has 1 aliphatic heterocycles. The van der Waals surface area contributed by atoms with E-state index < -0.39 is 18.5 Å². The Kier molecular flexibility index (Phi) is 8.53. The largest absolute Gasteiger partial charge is 0.459 e. The van der Waals surface area contributed by atoms with E-state index in [1.54, 1.807) is 0 Å². The number of unbranched alkanes of at least 4 members (excludes halogenated alkanes) is 2. The number of hydrogen-bond donors (Lipinski definition) is 0. The van der Waals surface area contributed by atoms with Crippen LogP contribution in [0.15, 0.2) is 60.9 Å². The molecular weight excluding hydrogens is 428 g/mol. The first kappa shape index (κ1) is 24.1. The summed E-state index contributed by atoms with van der Waals surface area (Å²) >= 11 is 0. The quantitative estimate of drug-likeness (QED) is 0.217. The molecule has 2 aromatic carbocycles. The second kappa shape index (κ2) is 11.3. The predicted molar refractivity (Wildman–Crippen MR) is 111 cm³/mol. The van der Waals surface area contributed by atoms with Crippen molar-refractivity contribution in [3.63, 3.8) is 0 Å². The molecule has 32 heavy (non-hydrogen) atoms. The SMILES string of the molecule is CCCCCC1COC(c2ccc(C(F)(F)Oc3ccc(OC=C(F)F)cc3)cc2)OC1. The van der Waals surface area contributed by atoms with Crippen LogP contribution in [0.4, 0.5) is 17.6 Å². The maximum Gasteiger partial charge on any atom is 0.426 e. The van der Waals surface area contributed by atoms with Gasteiger partial charge in [-0.3, -0.25) is 0 Å². The topological polar surface area (TPSA) is 36.9 Å². The normalized spacial score (nSPS) is 18.8. The first-order valence-electron chi connectivity index (χ1n) is 10.6. The van der Waals surface area contributed by atoms with E-state index >= 15 is 0 Å². The minimum absolute atomic E-state index is 0.0675. The van der Waals surface area contributed by atoms with Gasteiger partial charge in [0.1, 0.15) is 11.5 Å². The maximum absolute atomic E-state index is 14.5. The van der Waals surface area contributed by atoms with E-state index in [9.17, 15) is 17.6 Å². The summed E-state index contributed by atoms with van der Waals surface area (Å²) in [6.07, 6.45) is -1.36. The molecule has 174 valence electrons. The molecule has 2 aromatic rings. The van der Waals surface area contributed by atoms with Crippen LogP contribution in [0.25, 0.3) is 0 Å². The highest BCUT2D eigenvalue weighted by atomic mass is 19.3. The second-order valence-electron chi connectivity index (χ2n) is 7.60. The molecule has 0 atom stereocenters. The number of halogens is 4. The molecule has 0 unspecified atom stereocenters. The zero-order valence-electron chi connectivity index (χ0n) is 17.7. The molecule has 0 amide bonds. The molecule has 0 bridgehead atoms. The van der Waals surface area contributed by atoms with Gasteiger partial charge in [-0.2, -0.15) is 17.6 Å². The van der Waals surface area contributed by atoms with Crippen molar-refractivity contribution in [2.45, 2.75) is 45.0 Å². The number of hydrogen-bond acceptors (Lipinski definition) is 4. The van der Waals surface area contributed by atoms with Gasteiger partial charge >= 0.3 is 12.2 Å². The van der Waals surface area contributed by atoms with E-state index in [4.69, 9.17) is 14.2 Å². The lowest BCUT2D eigenvalue weighted by molar-refractivity contribution is -0.206. The van der Waals surface area contributed by atoms with E-state index in [0.29, 0.717) is 24.7 Å². The molecule has 1 heterocycles. The summed E-state index contributed by atoms with van der Waals surface area (Å²) in [5.41, 5.74) is 0.323. The fourth-order valence-electron chi connectivity index (χ4n) is 3.33. The van der Waals surface area contributed by atoms with Crippen LogP contribution in [0, 0.1) is 5.92 Å². The first-order valence-corrected chi connectivity index (χ1v) is 10.6. The Balaban J connectivity index is 1.55. The van der Waals surface area contributed by atoms with Gasteiger partial charge < -0.3 is 18.9 Å². The van der Waals surface area contributed by atoms with Crippen LogP contribution in [0.1, 0.15) is 50.0 Å². The van der Waals surface area contributed by atoms with Crippen LogP contribution in [-0.2, 0) is 15.6 Å². The van der Waals surface area contributed by atoms with Crippen LogP contribution in [-0.4, -0.2) is 13.2 Å². The summed E-state index contributed by atoms with van der Waals surface area (Å²) in [6, 6.07) is 10.5. The van der Waals surface area contributed by atoms with Crippen molar-refractivity contribution >= 4 is 0 Å². The standard InChI is InChI=1S/C24H26F4O4/c1-2-3-4-5-17-14-30-23(31-15-17)18-6-8-19(9-7-18)24(27,28)32-21-12-10-20(11-13-21)29-16-22(25)26/h6-13,16-17,23H,2-5,14-15H2,1H3. The van der Waals surface area contributed by atoms with Gasteiger partial charge in [0.25, 0.3) is 0 Å². The smallest absolute Gasteiger partial charge is 0.426 e. The fraction of sp³-hybridized carbons (Fsp3) is 0.417. The molecular formula is C24H26F4O4. The van der Waals surface area contributed by atoms with E-state index in [0.717, 1.165) is 19.3 Å². The van der Waals surface area contributed by atoms with Crippen molar-refractivity contribution < 1.29 is 36.5 Å². The molecule has 4 nitrogen and oxygen atoms in total. The average Bonchev–Trinajstić information content (AvgIpc) is 2.79. The van der Waals surface area contributed by atoms with E-state index in [-0.39, 0.29) is 23.3 Å². The molecule has 0 saturated carbocycles. The molecule has 0 aliphatic carbocycles. The summed E-state index contributed by atoms with van der Waals surface area (Å²) in [5.74, 6) is 0.292. The third-order valence-corrected chi connectivity index (χ3v) is 5.06. The van der Waals surface area contributed by atoms with Crippen molar-refractivity contribution in [1.29, 1.82) is 0 Å². The average molecular weight is 454 g/mol. The van der Waals surface area contributed by atoms with Gasteiger partial charge in [-0.25, -0.2) is 0 Å². The molecule has 0 spiro atoms. The van der Waals surface area contributed by atoms with Gasteiger partial charge in [0, 0.05) is 11.5 Å². The predicted octanol–water partition coefficient (Wildman–Crippen LogP) is 7.17. The summed E-state index contributed by atoms with van der Waals surface area (Å²) < 4.78 is 74.1. The molecule has 0 N–H and O–H groups in total. The Morgan fingerprint density at radius 1 is 0.969 bits per heavy atom. The van der Waals surface area contributed by atoms with Crippen molar-refractivity contribution in [2.75, 3.05) is 13.2 Å². The van der Waals surface area contributed by atoms with Crippen LogP contribution in [0.3, 0.4) is 0 Å². The lowest BCUT2D eigenvalue weighted by Crippen LogP contribution is -2.27. The highest BCUT2D eigenvalue weighted by Gasteiger charge is 2.35. The van der Waals surface area contributed by atoms with Crippen molar-refractivity contribution in [3.05, 3.63) is 72.0 Å². The Bertz CT molecular complexity index is 857. The summed E-state index contributed by atoms with van der Waals surface area (Å²) in [5, 5.41) is 0. The highest BCUT2D eigenvalue weighted by molar-refractivity contribution is 5.33. The monoisotopic (exact) mass is 454 g/mol. The number of benzene rings is 2. The van der Waals surface area contributed by atoms with Crippen molar-refractivity contribution in [2.24, 2.45) is 5.92 Å². The van der Waals surface area contributed by atoms with Gasteiger partial charge in [-0.1, -0.05) is 38.3 Å². The van der Waals surface area contributed by atoms with E-state index in [1.165, 1.54) is 55.0 Å². The third-order valence-electron chi connectivity index (χ3n) is 5.06. The van der Waals surface area contributed by atoms with Gasteiger partial charge in [0.2, 0.25) is 0 Å². The van der Waals surface area contributed by atoms with Crippen molar-refractivity contribution in [3.8, 4) is 11.5 Å². The van der Waals surface area contributed by atoms with Gasteiger partial charge in [0.05, 0.1) is 18.8 Å². The Morgan fingerprint density at radius 3 is 2.19 bits per heavy atom. The zero-order chi connectivity index (χ0) is 23.0. The number of rotatable bonds is 10. The summed E-state index contributed by atoms with van der Waals surface area (Å²) in [7, 11) is 0. The highest BCUT2D eigenvalue weighted by Crippen LogP contribution is 2.34. The van der Waals surface area contributed by atoms with Crippen LogP contribution in [0.2, 0.25) is 0 Å². The Hall–Kier alpha value is -2.58. The van der Waals surface area contributed by atoms with Crippen LogP contribution >= 0.6 is 0 Å². The van der Waals surface area contributed by atoms with E-state index in [1.807, 2.05) is 0 Å². The first-order chi connectivity index (χ1) is 15.4. The van der Waals surface area contributed by atoms with Gasteiger partial charge in [0.15, 0.2) is 12.6 Å². The molecule has 1 aliphatic rings. The second-order valence-corrected chi connectivity index (χ2v) is 7.60. The van der Waals surface area contributed by atoms with Crippen LogP contribution < -0.4 is 9.47 Å². The van der Waals surface area contributed by atoms with Gasteiger partial charge in [-0.05, 0) is 42.8 Å². The molecule has 3 rings (SSSR count). The lowest BCUT2D eigenvalue weighted by Gasteiger charge is -2.30. The van der Waals surface area contributed by atoms with E-state index in [2.05, 4.69) is 11.7 Å². The Labute approximate surface area is 184 Å². The molecule has 0 aromatic heterocycles. The maximum atomic E-state index is 14.5. The molecule has 1 saturated heterocycles. The fourth-order valence-corrected chi connectivity index (χ4v) is 3.33. The third kappa shape index (κ3) is 6.97. The van der Waals surface area contributed by atoms with Crippen molar-refractivity contribution in [1.82, 2.24) is 0 Å². The van der Waals surface area contributed by atoms with Crippen LogP contribution in [0.5, 0.6) is 11.5 Å². The zero-order valence-corrected chi connectivity index (χ0v) is 17.7. The molecule has 1 fully saturated rings. The number of alkyl halides is 2. The Morgan fingerprint density at radius 2 is 1.59 bits per heavy atom. The minimum atomic E-state index is -3.59.